The molecule has 0 aromatic heterocycles. The van der Waals surface area contributed by atoms with Gasteiger partial charge in [0.1, 0.15) is 0 Å². The molecule has 0 amide bonds. The third-order valence-corrected chi connectivity index (χ3v) is 6.04. The molecule has 1 aliphatic heterocycles. The number of alkyl halides is 3. The molecule has 27 heavy (non-hydrogen) atoms. The fourth-order valence-electron chi connectivity index (χ4n) is 3.15. The van der Waals surface area contributed by atoms with E-state index in [1.807, 2.05) is 12.1 Å². The maximum Gasteiger partial charge on any atom is 0.417 e. The molecule has 1 fully saturated rings. The smallest absolute Gasteiger partial charge is 0.299 e. The Bertz CT molecular complexity index is 875. The highest BCUT2D eigenvalue weighted by molar-refractivity contribution is 7.89. The summed E-state index contributed by atoms with van der Waals surface area (Å²) in [5.74, 6) is 0. The molecule has 0 aliphatic carbocycles. The molecule has 8 heteroatoms. The molecule has 2 aromatic carbocycles. The standard InChI is InChI=1S/C19H21F3N2O2S/c20-19(21,22)17-5-1-2-6-18(17)27(25,26)23-13-15-7-9-16(10-8-15)14-24-11-3-4-12-24/h1-2,5-10,23H,3-4,11-14H2. The molecule has 4 nitrogen and oxygen atoms in total. The van der Waals surface area contributed by atoms with Crippen molar-refractivity contribution in [2.45, 2.75) is 37.0 Å². The summed E-state index contributed by atoms with van der Waals surface area (Å²) < 4.78 is 66.1. The van der Waals surface area contributed by atoms with Crippen LogP contribution in [0.5, 0.6) is 0 Å². The monoisotopic (exact) mass is 398 g/mol. The van der Waals surface area contributed by atoms with Gasteiger partial charge >= 0.3 is 6.18 Å². The van der Waals surface area contributed by atoms with Gasteiger partial charge in [0.2, 0.25) is 10.0 Å². The van der Waals surface area contributed by atoms with E-state index in [0.717, 1.165) is 37.3 Å². The highest BCUT2D eigenvalue weighted by Crippen LogP contribution is 2.33. The van der Waals surface area contributed by atoms with E-state index in [0.29, 0.717) is 5.56 Å². The molecule has 1 N–H and O–H groups in total. The normalized spacial score (nSPS) is 16.0. The van der Waals surface area contributed by atoms with E-state index < -0.39 is 26.7 Å². The van der Waals surface area contributed by atoms with Gasteiger partial charge in [-0.15, -0.1) is 0 Å². The lowest BCUT2D eigenvalue weighted by molar-refractivity contribution is -0.139. The molecule has 1 aliphatic rings. The van der Waals surface area contributed by atoms with Crippen molar-refractivity contribution in [2.24, 2.45) is 0 Å². The fraction of sp³-hybridized carbons (Fsp3) is 0.368. The summed E-state index contributed by atoms with van der Waals surface area (Å²) in [5.41, 5.74) is 0.651. The molecule has 0 saturated carbocycles. The maximum absolute atomic E-state index is 13.1. The van der Waals surface area contributed by atoms with Crippen molar-refractivity contribution in [3.8, 4) is 0 Å². The first-order chi connectivity index (χ1) is 12.8. The Labute approximate surface area is 157 Å². The Morgan fingerprint density at radius 2 is 1.52 bits per heavy atom. The Hall–Kier alpha value is -1.90. The van der Waals surface area contributed by atoms with E-state index in [1.165, 1.54) is 25.0 Å². The molecule has 0 spiro atoms. The Balaban J connectivity index is 1.67. The number of likely N-dealkylation sites (tertiary alicyclic amines) is 1. The van der Waals surface area contributed by atoms with Crippen LogP contribution in [0, 0.1) is 0 Å². The van der Waals surface area contributed by atoms with Crippen LogP contribution in [0.2, 0.25) is 0 Å². The van der Waals surface area contributed by atoms with Gasteiger partial charge < -0.3 is 0 Å². The number of rotatable bonds is 6. The maximum atomic E-state index is 13.1. The number of nitrogens with one attached hydrogen (secondary N) is 1. The number of sulfonamides is 1. The van der Waals surface area contributed by atoms with Gasteiger partial charge in [-0.3, -0.25) is 4.90 Å². The van der Waals surface area contributed by atoms with Crippen molar-refractivity contribution in [2.75, 3.05) is 13.1 Å². The van der Waals surface area contributed by atoms with Gasteiger partial charge in [-0.2, -0.15) is 13.2 Å². The number of hydrogen-bond donors (Lipinski definition) is 1. The van der Waals surface area contributed by atoms with Gasteiger partial charge in [-0.05, 0) is 49.2 Å². The molecule has 0 bridgehead atoms. The van der Waals surface area contributed by atoms with Crippen LogP contribution in [0.1, 0.15) is 29.5 Å². The molecule has 0 radical (unpaired) electrons. The largest absolute Gasteiger partial charge is 0.417 e. The second kappa shape index (κ2) is 8.00. The molecule has 1 saturated heterocycles. The predicted octanol–water partition coefficient (Wildman–Crippen LogP) is 3.78. The summed E-state index contributed by atoms with van der Waals surface area (Å²) in [6.07, 6.45) is -2.32. The molecule has 0 atom stereocenters. The van der Waals surface area contributed by atoms with Gasteiger partial charge in [-0.25, -0.2) is 13.1 Å². The van der Waals surface area contributed by atoms with Crippen LogP contribution in [-0.2, 0) is 29.3 Å². The highest BCUT2D eigenvalue weighted by Gasteiger charge is 2.36. The molecule has 3 rings (SSSR count). The van der Waals surface area contributed by atoms with Crippen LogP contribution < -0.4 is 4.72 Å². The molecular weight excluding hydrogens is 377 g/mol. The lowest BCUT2D eigenvalue weighted by Gasteiger charge is -2.15. The number of nitrogens with zero attached hydrogens (tertiary/aromatic N) is 1. The molecule has 0 unspecified atom stereocenters. The Morgan fingerprint density at radius 3 is 2.15 bits per heavy atom. The first kappa shape index (κ1) is 19.9. The van der Waals surface area contributed by atoms with Gasteiger partial charge in [0.05, 0.1) is 10.5 Å². The first-order valence-corrected chi connectivity index (χ1v) is 10.2. The van der Waals surface area contributed by atoms with Crippen molar-refractivity contribution in [3.63, 3.8) is 0 Å². The first-order valence-electron chi connectivity index (χ1n) is 8.72. The quantitative estimate of drug-likeness (QED) is 0.806. The van der Waals surface area contributed by atoms with Crippen molar-refractivity contribution in [1.82, 2.24) is 9.62 Å². The van der Waals surface area contributed by atoms with E-state index in [-0.39, 0.29) is 6.54 Å². The Kier molecular flexibility index (Phi) is 5.88. The average Bonchev–Trinajstić information content (AvgIpc) is 3.13. The summed E-state index contributed by atoms with van der Waals surface area (Å²) in [4.78, 5) is 1.59. The SMILES string of the molecule is O=S(=O)(NCc1ccc(CN2CCCC2)cc1)c1ccccc1C(F)(F)F. The molecular formula is C19H21F3N2O2S. The van der Waals surface area contributed by atoms with Crippen molar-refractivity contribution in [1.29, 1.82) is 0 Å². The summed E-state index contributed by atoms with van der Waals surface area (Å²) in [6.45, 7) is 2.95. The number of benzene rings is 2. The summed E-state index contributed by atoms with van der Waals surface area (Å²) in [7, 11) is -4.28. The van der Waals surface area contributed by atoms with Crippen molar-refractivity contribution < 1.29 is 21.6 Å². The second-order valence-corrected chi connectivity index (χ2v) is 8.35. The fourth-order valence-corrected chi connectivity index (χ4v) is 4.40. The van der Waals surface area contributed by atoms with Crippen LogP contribution in [-0.4, -0.2) is 26.4 Å². The van der Waals surface area contributed by atoms with E-state index in [9.17, 15) is 21.6 Å². The molecule has 146 valence electrons. The van der Waals surface area contributed by atoms with Crippen LogP contribution in [0.3, 0.4) is 0 Å². The molecule has 1 heterocycles. The van der Waals surface area contributed by atoms with Crippen molar-refractivity contribution in [3.05, 3.63) is 65.2 Å². The zero-order valence-corrected chi connectivity index (χ0v) is 15.5. The zero-order valence-electron chi connectivity index (χ0n) is 14.7. The zero-order chi connectivity index (χ0) is 19.5. The summed E-state index contributed by atoms with van der Waals surface area (Å²) in [5, 5.41) is 0. The predicted molar refractivity (Wildman–Crippen MR) is 96.4 cm³/mol. The minimum atomic E-state index is -4.73. The summed E-state index contributed by atoms with van der Waals surface area (Å²) >= 11 is 0. The third-order valence-electron chi connectivity index (χ3n) is 4.58. The number of hydrogen-bond acceptors (Lipinski definition) is 3. The van der Waals surface area contributed by atoms with E-state index in [2.05, 4.69) is 9.62 Å². The molecule has 2 aromatic rings. The van der Waals surface area contributed by atoms with E-state index >= 15 is 0 Å². The Morgan fingerprint density at radius 1 is 0.926 bits per heavy atom. The lowest BCUT2D eigenvalue weighted by Crippen LogP contribution is -2.26. The highest BCUT2D eigenvalue weighted by atomic mass is 32.2. The third kappa shape index (κ3) is 5.09. The second-order valence-electron chi connectivity index (χ2n) is 6.62. The van der Waals surface area contributed by atoms with Gasteiger partial charge in [-0.1, -0.05) is 36.4 Å². The minimum absolute atomic E-state index is 0.0709. The lowest BCUT2D eigenvalue weighted by atomic mass is 10.1. The van der Waals surface area contributed by atoms with Gasteiger partial charge in [0.25, 0.3) is 0 Å². The van der Waals surface area contributed by atoms with E-state index in [4.69, 9.17) is 0 Å². The van der Waals surface area contributed by atoms with Crippen LogP contribution in [0.15, 0.2) is 53.4 Å². The van der Waals surface area contributed by atoms with Crippen LogP contribution in [0.25, 0.3) is 0 Å². The average molecular weight is 398 g/mol. The van der Waals surface area contributed by atoms with Gasteiger partial charge in [0, 0.05) is 13.1 Å². The van der Waals surface area contributed by atoms with Crippen LogP contribution >= 0.6 is 0 Å². The van der Waals surface area contributed by atoms with Crippen LogP contribution in [0.4, 0.5) is 13.2 Å². The topological polar surface area (TPSA) is 49.4 Å². The minimum Gasteiger partial charge on any atom is -0.299 e. The number of halogens is 3. The van der Waals surface area contributed by atoms with Gasteiger partial charge in [0.15, 0.2) is 0 Å². The van der Waals surface area contributed by atoms with E-state index in [1.54, 1.807) is 12.1 Å². The van der Waals surface area contributed by atoms with Crippen molar-refractivity contribution >= 4 is 10.0 Å². The summed E-state index contributed by atoms with van der Waals surface area (Å²) in [6, 6.07) is 11.6.